The van der Waals surface area contributed by atoms with E-state index >= 15 is 0 Å². The summed E-state index contributed by atoms with van der Waals surface area (Å²) in [6.45, 7) is 3.27. The molecule has 1 aromatic heterocycles. The van der Waals surface area contributed by atoms with Crippen LogP contribution in [0.1, 0.15) is 18.7 Å². The Bertz CT molecular complexity index is 865. The van der Waals surface area contributed by atoms with Gasteiger partial charge in [-0.2, -0.15) is 0 Å². The van der Waals surface area contributed by atoms with Gasteiger partial charge in [0.1, 0.15) is 5.60 Å². The lowest BCUT2D eigenvalue weighted by Crippen LogP contribution is -2.53. The Morgan fingerprint density at radius 2 is 2.00 bits per heavy atom. The third-order valence-electron chi connectivity index (χ3n) is 4.88. The second-order valence-corrected chi connectivity index (χ2v) is 7.07. The van der Waals surface area contributed by atoms with Crippen molar-refractivity contribution in [1.29, 1.82) is 0 Å². The van der Waals surface area contributed by atoms with Crippen LogP contribution in [0.3, 0.4) is 0 Å². The van der Waals surface area contributed by atoms with Crippen molar-refractivity contribution in [1.82, 2.24) is 20.0 Å². The third kappa shape index (κ3) is 3.44. The lowest BCUT2D eigenvalue weighted by Gasteiger charge is -2.38. The lowest BCUT2D eigenvalue weighted by molar-refractivity contribution is 0.00497. The first-order valence-corrected chi connectivity index (χ1v) is 8.85. The van der Waals surface area contributed by atoms with Gasteiger partial charge in [0.2, 0.25) is 11.8 Å². The van der Waals surface area contributed by atoms with Crippen molar-refractivity contribution in [2.45, 2.75) is 25.4 Å². The van der Waals surface area contributed by atoms with Crippen LogP contribution in [0.15, 0.2) is 28.7 Å². The Kier molecular flexibility index (Phi) is 4.21. The third-order valence-corrected chi connectivity index (χ3v) is 4.88. The number of piperidine rings is 1. The minimum Gasteiger partial charge on any atom is -0.439 e. The fraction of sp³-hybridized carbons (Fsp3) is 0.444. The van der Waals surface area contributed by atoms with E-state index in [-0.39, 0.29) is 12.1 Å². The first-order valence-electron chi connectivity index (χ1n) is 8.85. The average Bonchev–Trinajstić information content (AvgIpc) is 3.19. The van der Waals surface area contributed by atoms with Gasteiger partial charge in [-0.25, -0.2) is 9.59 Å². The molecule has 0 bridgehead atoms. The molecular formula is C18H21N5O4. The van der Waals surface area contributed by atoms with E-state index in [4.69, 9.17) is 9.15 Å². The number of carbonyl (C=O) groups is 2. The van der Waals surface area contributed by atoms with Crippen molar-refractivity contribution in [2.75, 3.05) is 32.0 Å². The van der Waals surface area contributed by atoms with Crippen LogP contribution in [0.5, 0.6) is 0 Å². The molecule has 2 saturated heterocycles. The highest BCUT2D eigenvalue weighted by molar-refractivity contribution is 5.89. The van der Waals surface area contributed by atoms with Crippen molar-refractivity contribution in [3.8, 4) is 11.5 Å². The van der Waals surface area contributed by atoms with Gasteiger partial charge in [-0.15, -0.1) is 10.2 Å². The zero-order chi connectivity index (χ0) is 19.0. The molecule has 4 rings (SSSR count). The summed E-state index contributed by atoms with van der Waals surface area (Å²) >= 11 is 0. The van der Waals surface area contributed by atoms with Gasteiger partial charge in [0.25, 0.3) is 0 Å². The second-order valence-electron chi connectivity index (χ2n) is 7.07. The Balaban J connectivity index is 1.41. The molecule has 3 heterocycles. The molecule has 2 aliphatic rings. The molecule has 1 unspecified atom stereocenters. The number of anilines is 1. The summed E-state index contributed by atoms with van der Waals surface area (Å²) in [5.74, 6) is 0.940. The largest absolute Gasteiger partial charge is 0.439 e. The number of hydrogen-bond donors (Lipinski definition) is 1. The monoisotopic (exact) mass is 371 g/mol. The molecule has 1 aromatic carbocycles. The molecule has 0 aliphatic carbocycles. The Labute approximate surface area is 156 Å². The molecule has 0 saturated carbocycles. The number of likely N-dealkylation sites (tertiary alicyclic amines) is 1. The predicted octanol–water partition coefficient (Wildman–Crippen LogP) is 2.49. The highest BCUT2D eigenvalue weighted by atomic mass is 16.6. The molecular weight excluding hydrogens is 350 g/mol. The van der Waals surface area contributed by atoms with Crippen LogP contribution < -0.4 is 5.32 Å². The smallest absolute Gasteiger partial charge is 0.410 e. The number of amides is 3. The van der Waals surface area contributed by atoms with Crippen LogP contribution in [-0.4, -0.2) is 64.4 Å². The van der Waals surface area contributed by atoms with Crippen LogP contribution in [0.2, 0.25) is 0 Å². The SMILES string of the molecule is Cc1nnc(-c2ccc(NC(=O)N3CCCC4(CN(C)C(=O)O4)C3)cc2)o1. The molecule has 1 N–H and O–H groups in total. The first-order chi connectivity index (χ1) is 12.9. The Morgan fingerprint density at radius 3 is 2.63 bits per heavy atom. The van der Waals surface area contributed by atoms with Crippen molar-refractivity contribution < 1.29 is 18.7 Å². The minimum absolute atomic E-state index is 0.207. The molecule has 27 heavy (non-hydrogen) atoms. The maximum absolute atomic E-state index is 12.6. The number of benzene rings is 1. The molecule has 0 radical (unpaired) electrons. The van der Waals surface area contributed by atoms with Crippen LogP contribution >= 0.6 is 0 Å². The van der Waals surface area contributed by atoms with Gasteiger partial charge in [0.05, 0.1) is 13.1 Å². The summed E-state index contributed by atoms with van der Waals surface area (Å²) in [7, 11) is 1.71. The topological polar surface area (TPSA) is 101 Å². The van der Waals surface area contributed by atoms with Crippen molar-refractivity contribution in [3.63, 3.8) is 0 Å². The summed E-state index contributed by atoms with van der Waals surface area (Å²) in [6, 6.07) is 6.99. The number of aromatic nitrogens is 2. The van der Waals surface area contributed by atoms with Gasteiger partial charge in [0.15, 0.2) is 0 Å². The zero-order valence-electron chi connectivity index (χ0n) is 15.3. The second kappa shape index (κ2) is 6.57. The number of carbonyl (C=O) groups excluding carboxylic acids is 2. The maximum atomic E-state index is 12.6. The van der Waals surface area contributed by atoms with E-state index in [9.17, 15) is 9.59 Å². The Morgan fingerprint density at radius 1 is 1.22 bits per heavy atom. The maximum Gasteiger partial charge on any atom is 0.410 e. The van der Waals surface area contributed by atoms with E-state index in [1.807, 2.05) is 12.1 Å². The van der Waals surface area contributed by atoms with Gasteiger partial charge in [-0.1, -0.05) is 0 Å². The first kappa shape index (κ1) is 17.3. The van der Waals surface area contributed by atoms with Crippen LogP contribution in [0.4, 0.5) is 15.3 Å². The van der Waals surface area contributed by atoms with Crippen molar-refractivity contribution in [3.05, 3.63) is 30.2 Å². The van der Waals surface area contributed by atoms with Crippen LogP contribution in [0.25, 0.3) is 11.5 Å². The van der Waals surface area contributed by atoms with Crippen molar-refractivity contribution >= 4 is 17.8 Å². The van der Waals surface area contributed by atoms with E-state index in [0.717, 1.165) is 18.4 Å². The number of nitrogens with one attached hydrogen (secondary N) is 1. The van der Waals surface area contributed by atoms with Crippen molar-refractivity contribution in [2.24, 2.45) is 0 Å². The minimum atomic E-state index is -0.596. The van der Waals surface area contributed by atoms with E-state index < -0.39 is 5.60 Å². The van der Waals surface area contributed by atoms with Gasteiger partial charge in [0, 0.05) is 31.8 Å². The fourth-order valence-corrected chi connectivity index (χ4v) is 3.59. The highest BCUT2D eigenvalue weighted by Crippen LogP contribution is 2.31. The number of rotatable bonds is 2. The Hall–Kier alpha value is -3.10. The van der Waals surface area contributed by atoms with Crippen LogP contribution in [0, 0.1) is 6.92 Å². The standard InChI is InChI=1S/C18H21N5O4/c1-12-20-21-15(26-12)13-4-6-14(7-5-13)19-16(24)23-9-3-8-18(11-23)10-22(2)17(25)27-18/h4-7H,3,8-11H2,1-2H3,(H,19,24). The molecule has 1 spiro atoms. The van der Waals surface area contributed by atoms with E-state index in [2.05, 4.69) is 15.5 Å². The molecule has 2 fully saturated rings. The number of hydrogen-bond acceptors (Lipinski definition) is 6. The summed E-state index contributed by atoms with van der Waals surface area (Å²) in [6.07, 6.45) is 1.24. The van der Waals surface area contributed by atoms with E-state index in [1.54, 1.807) is 35.9 Å². The van der Waals surface area contributed by atoms with E-state index in [0.29, 0.717) is 37.1 Å². The quantitative estimate of drug-likeness (QED) is 0.870. The predicted molar refractivity (Wildman–Crippen MR) is 96.1 cm³/mol. The average molecular weight is 371 g/mol. The van der Waals surface area contributed by atoms with Gasteiger partial charge in [-0.05, 0) is 37.1 Å². The summed E-state index contributed by atoms with van der Waals surface area (Å²) < 4.78 is 10.9. The van der Waals surface area contributed by atoms with E-state index in [1.165, 1.54) is 0 Å². The molecule has 1 atom stereocenters. The van der Waals surface area contributed by atoms with Crippen LogP contribution in [-0.2, 0) is 4.74 Å². The normalized spacial score (nSPS) is 22.2. The molecule has 142 valence electrons. The lowest BCUT2D eigenvalue weighted by atomic mass is 9.93. The molecule has 9 heteroatoms. The number of nitrogens with zero attached hydrogens (tertiary/aromatic N) is 4. The molecule has 9 nitrogen and oxygen atoms in total. The number of urea groups is 1. The summed E-state index contributed by atoms with van der Waals surface area (Å²) in [5, 5.41) is 10.7. The summed E-state index contributed by atoms with van der Waals surface area (Å²) in [5.41, 5.74) is 0.854. The fourth-order valence-electron chi connectivity index (χ4n) is 3.59. The number of likely N-dealkylation sites (N-methyl/N-ethyl adjacent to an activating group) is 1. The molecule has 2 aromatic rings. The molecule has 2 aliphatic heterocycles. The zero-order valence-corrected chi connectivity index (χ0v) is 15.3. The summed E-state index contributed by atoms with van der Waals surface area (Å²) in [4.78, 5) is 27.6. The van der Waals surface area contributed by atoms with Gasteiger partial charge < -0.3 is 24.3 Å². The van der Waals surface area contributed by atoms with Gasteiger partial charge >= 0.3 is 12.1 Å². The highest BCUT2D eigenvalue weighted by Gasteiger charge is 2.47. The number of ether oxygens (including phenoxy) is 1. The van der Waals surface area contributed by atoms with Gasteiger partial charge in [-0.3, -0.25) is 0 Å². The molecule has 3 amide bonds. The number of aryl methyl sites for hydroxylation is 1.